The molecule has 1 saturated heterocycles. The van der Waals surface area contributed by atoms with Crippen LogP contribution in [0.3, 0.4) is 0 Å². The molecule has 1 fully saturated rings. The molecule has 0 aromatic heterocycles. The van der Waals surface area contributed by atoms with Gasteiger partial charge in [0.05, 0.1) is 6.61 Å². The van der Waals surface area contributed by atoms with Crippen LogP contribution in [0.4, 0.5) is 0 Å². The monoisotopic (exact) mass is 346 g/mol. The Morgan fingerprint density at radius 1 is 1.04 bits per heavy atom. The van der Waals surface area contributed by atoms with Crippen molar-refractivity contribution in [3.8, 4) is 5.75 Å². The molecule has 2 aromatic rings. The van der Waals surface area contributed by atoms with E-state index >= 15 is 0 Å². The van der Waals surface area contributed by atoms with Crippen LogP contribution < -0.4 is 10.1 Å². The smallest absolute Gasteiger partial charge is 0.119 e. The molecule has 130 valence electrons. The lowest BCUT2D eigenvalue weighted by molar-refractivity contribution is 0.165. The van der Waals surface area contributed by atoms with Crippen molar-refractivity contribution in [3.63, 3.8) is 0 Å². The Kier molecular flexibility index (Phi) is 7.57. The number of ether oxygens (including phenoxy) is 1. The van der Waals surface area contributed by atoms with Crippen LogP contribution >= 0.6 is 12.4 Å². The topological polar surface area (TPSA) is 24.5 Å². The van der Waals surface area contributed by atoms with Crippen molar-refractivity contribution in [1.29, 1.82) is 0 Å². The molecule has 4 heteroatoms. The summed E-state index contributed by atoms with van der Waals surface area (Å²) in [5.74, 6) is 0.957. The Labute approximate surface area is 151 Å². The SMILES string of the molecule is CC1CNCCN1Cc1ccc(OCCc2ccccc2)cc1.Cl. The Morgan fingerprint density at radius 3 is 2.50 bits per heavy atom. The summed E-state index contributed by atoms with van der Waals surface area (Å²) in [6.45, 7) is 7.32. The number of halogens is 1. The third-order valence-corrected chi connectivity index (χ3v) is 4.45. The molecule has 0 bridgehead atoms. The van der Waals surface area contributed by atoms with Gasteiger partial charge in [0, 0.05) is 38.6 Å². The molecule has 2 aromatic carbocycles. The van der Waals surface area contributed by atoms with E-state index in [0.29, 0.717) is 6.04 Å². The summed E-state index contributed by atoms with van der Waals surface area (Å²) < 4.78 is 5.85. The van der Waals surface area contributed by atoms with Gasteiger partial charge in [-0.05, 0) is 30.2 Å². The molecule has 1 aliphatic rings. The normalized spacial score (nSPS) is 18.0. The first-order valence-corrected chi connectivity index (χ1v) is 8.52. The van der Waals surface area contributed by atoms with E-state index in [0.717, 1.165) is 45.0 Å². The van der Waals surface area contributed by atoms with Crippen molar-refractivity contribution in [2.45, 2.75) is 25.9 Å². The van der Waals surface area contributed by atoms with E-state index < -0.39 is 0 Å². The predicted octanol–water partition coefficient (Wildman–Crippen LogP) is 3.52. The van der Waals surface area contributed by atoms with E-state index in [1.54, 1.807) is 0 Å². The number of benzene rings is 2. The highest BCUT2D eigenvalue weighted by Gasteiger charge is 2.17. The first-order valence-electron chi connectivity index (χ1n) is 8.52. The van der Waals surface area contributed by atoms with E-state index in [4.69, 9.17) is 4.74 Å². The molecule has 3 rings (SSSR count). The molecule has 24 heavy (non-hydrogen) atoms. The molecule has 0 radical (unpaired) electrons. The van der Waals surface area contributed by atoms with E-state index in [-0.39, 0.29) is 12.4 Å². The highest BCUT2D eigenvalue weighted by molar-refractivity contribution is 5.85. The zero-order valence-electron chi connectivity index (χ0n) is 14.3. The van der Waals surface area contributed by atoms with Gasteiger partial charge in [-0.25, -0.2) is 0 Å². The summed E-state index contributed by atoms with van der Waals surface area (Å²) >= 11 is 0. The highest BCUT2D eigenvalue weighted by atomic mass is 35.5. The summed E-state index contributed by atoms with van der Waals surface area (Å²) in [6, 6.07) is 19.6. The van der Waals surface area contributed by atoms with Gasteiger partial charge in [-0.1, -0.05) is 42.5 Å². The minimum Gasteiger partial charge on any atom is -0.493 e. The van der Waals surface area contributed by atoms with Crippen molar-refractivity contribution in [2.24, 2.45) is 0 Å². The fraction of sp³-hybridized carbons (Fsp3) is 0.400. The molecule has 1 N–H and O–H groups in total. The lowest BCUT2D eigenvalue weighted by Crippen LogP contribution is -2.49. The summed E-state index contributed by atoms with van der Waals surface area (Å²) in [4.78, 5) is 2.53. The molecule has 3 nitrogen and oxygen atoms in total. The first-order chi connectivity index (χ1) is 11.3. The number of hydrogen-bond donors (Lipinski definition) is 1. The van der Waals surface area contributed by atoms with Gasteiger partial charge in [0.25, 0.3) is 0 Å². The predicted molar refractivity (Wildman–Crippen MR) is 102 cm³/mol. The van der Waals surface area contributed by atoms with Crippen molar-refractivity contribution >= 4 is 12.4 Å². The van der Waals surface area contributed by atoms with Crippen LogP contribution in [0.5, 0.6) is 5.75 Å². The molecule has 0 spiro atoms. The molecule has 0 amide bonds. The maximum absolute atomic E-state index is 5.85. The number of rotatable bonds is 6. The summed E-state index contributed by atoms with van der Waals surface area (Å²) in [5.41, 5.74) is 2.67. The van der Waals surface area contributed by atoms with Crippen LogP contribution in [-0.2, 0) is 13.0 Å². The fourth-order valence-electron chi connectivity index (χ4n) is 2.97. The fourth-order valence-corrected chi connectivity index (χ4v) is 2.97. The summed E-state index contributed by atoms with van der Waals surface area (Å²) in [7, 11) is 0. The van der Waals surface area contributed by atoms with Crippen LogP contribution in [0.15, 0.2) is 54.6 Å². The molecular weight excluding hydrogens is 320 g/mol. The van der Waals surface area contributed by atoms with Gasteiger partial charge in [-0.15, -0.1) is 12.4 Å². The minimum atomic E-state index is 0. The van der Waals surface area contributed by atoms with Gasteiger partial charge < -0.3 is 10.1 Å². The number of hydrogen-bond acceptors (Lipinski definition) is 3. The van der Waals surface area contributed by atoms with E-state index in [2.05, 4.69) is 65.7 Å². The average molecular weight is 347 g/mol. The van der Waals surface area contributed by atoms with Crippen molar-refractivity contribution in [3.05, 3.63) is 65.7 Å². The lowest BCUT2D eigenvalue weighted by atomic mass is 10.1. The van der Waals surface area contributed by atoms with Gasteiger partial charge in [-0.3, -0.25) is 4.90 Å². The Morgan fingerprint density at radius 2 is 1.79 bits per heavy atom. The van der Waals surface area contributed by atoms with Gasteiger partial charge in [0.2, 0.25) is 0 Å². The lowest BCUT2D eigenvalue weighted by Gasteiger charge is -2.33. The quantitative estimate of drug-likeness (QED) is 0.866. The Hall–Kier alpha value is -1.55. The summed E-state index contributed by atoms with van der Waals surface area (Å²) in [6.07, 6.45) is 0.945. The second-order valence-electron chi connectivity index (χ2n) is 6.25. The van der Waals surface area contributed by atoms with Crippen molar-refractivity contribution < 1.29 is 4.74 Å². The second kappa shape index (κ2) is 9.67. The largest absolute Gasteiger partial charge is 0.493 e. The van der Waals surface area contributed by atoms with Crippen LogP contribution in [0, 0.1) is 0 Å². The van der Waals surface area contributed by atoms with Gasteiger partial charge >= 0.3 is 0 Å². The average Bonchev–Trinajstić information content (AvgIpc) is 2.59. The van der Waals surface area contributed by atoms with Gasteiger partial charge in [0.15, 0.2) is 0 Å². The van der Waals surface area contributed by atoms with Crippen LogP contribution in [0.2, 0.25) is 0 Å². The Balaban J connectivity index is 0.00000208. The van der Waals surface area contributed by atoms with E-state index in [1.165, 1.54) is 11.1 Å². The van der Waals surface area contributed by atoms with Gasteiger partial charge in [-0.2, -0.15) is 0 Å². The van der Waals surface area contributed by atoms with Crippen LogP contribution in [0.25, 0.3) is 0 Å². The molecule has 0 saturated carbocycles. The van der Waals surface area contributed by atoms with Crippen molar-refractivity contribution in [2.75, 3.05) is 26.2 Å². The van der Waals surface area contributed by atoms with E-state index in [1.807, 2.05) is 6.07 Å². The number of nitrogens with one attached hydrogen (secondary N) is 1. The zero-order chi connectivity index (χ0) is 15.9. The molecule has 1 aliphatic heterocycles. The third-order valence-electron chi connectivity index (χ3n) is 4.45. The van der Waals surface area contributed by atoms with E-state index in [9.17, 15) is 0 Å². The second-order valence-corrected chi connectivity index (χ2v) is 6.25. The molecule has 1 atom stereocenters. The molecule has 0 aliphatic carbocycles. The van der Waals surface area contributed by atoms with Crippen molar-refractivity contribution in [1.82, 2.24) is 10.2 Å². The maximum Gasteiger partial charge on any atom is 0.119 e. The standard InChI is InChI=1S/C20H26N2O.ClH/c1-17-15-21-12-13-22(17)16-19-7-9-20(10-8-19)23-14-11-18-5-3-2-4-6-18;/h2-10,17,21H,11-16H2,1H3;1H. The van der Waals surface area contributed by atoms with Gasteiger partial charge in [0.1, 0.15) is 5.75 Å². The molecular formula is C20H27ClN2O. The Bertz CT molecular complexity index is 588. The number of nitrogens with zero attached hydrogens (tertiary/aromatic N) is 1. The maximum atomic E-state index is 5.85. The third kappa shape index (κ3) is 5.52. The highest BCUT2D eigenvalue weighted by Crippen LogP contribution is 2.16. The molecule has 1 unspecified atom stereocenters. The molecule has 1 heterocycles. The zero-order valence-corrected chi connectivity index (χ0v) is 15.1. The first kappa shape index (κ1) is 18.8. The summed E-state index contributed by atoms with van der Waals surface area (Å²) in [5, 5.41) is 3.43. The number of piperazine rings is 1. The minimum absolute atomic E-state index is 0. The van der Waals surface area contributed by atoms with Crippen LogP contribution in [0.1, 0.15) is 18.1 Å². The van der Waals surface area contributed by atoms with Crippen LogP contribution in [-0.4, -0.2) is 37.2 Å².